The van der Waals surface area contributed by atoms with Gasteiger partial charge in [-0.15, -0.1) is 0 Å². The molecule has 0 saturated carbocycles. The first-order chi connectivity index (χ1) is 8.22. The van der Waals surface area contributed by atoms with E-state index in [1.54, 1.807) is 26.2 Å². The molecule has 1 amide bonds. The van der Waals surface area contributed by atoms with Crippen LogP contribution in [-0.4, -0.2) is 27.1 Å². The van der Waals surface area contributed by atoms with Gasteiger partial charge in [-0.25, -0.2) is 0 Å². The van der Waals surface area contributed by atoms with Crippen LogP contribution in [0.5, 0.6) is 0 Å². The first kappa shape index (κ1) is 14.6. The van der Waals surface area contributed by atoms with Gasteiger partial charge in [0, 0.05) is 18.8 Å². The molecule has 0 fully saturated rings. The third kappa shape index (κ3) is 4.11. The van der Waals surface area contributed by atoms with E-state index < -0.39 is 11.1 Å². The summed E-state index contributed by atoms with van der Waals surface area (Å²) in [5.74, 6) is -0.0565. The van der Waals surface area contributed by atoms with E-state index in [-0.39, 0.29) is 5.91 Å². The van der Waals surface area contributed by atoms with Gasteiger partial charge >= 0.3 is 0 Å². The number of nitrogens with one attached hydrogen (secondary N) is 1. The van der Waals surface area contributed by atoms with Crippen LogP contribution in [-0.2, 0) is 11.2 Å². The number of aliphatic hydroxyl groups is 1. The smallest absolute Gasteiger partial charge is 0.220 e. The fourth-order valence-corrected chi connectivity index (χ4v) is 1.37. The molecule has 0 atom stereocenters. The van der Waals surface area contributed by atoms with Gasteiger partial charge in [-0.3, -0.25) is 9.78 Å². The van der Waals surface area contributed by atoms with Crippen LogP contribution in [0, 0.1) is 0 Å². The number of aryl methyl sites for hydroxylation is 1. The number of rotatable bonds is 5. The Kier molecular flexibility index (Phi) is 4.46. The molecule has 1 heterocycles. The molecule has 0 aromatic carbocycles. The summed E-state index contributed by atoms with van der Waals surface area (Å²) in [6.45, 7) is 7.01. The van der Waals surface area contributed by atoms with Gasteiger partial charge < -0.3 is 10.4 Å². The van der Waals surface area contributed by atoms with Crippen molar-refractivity contribution in [2.45, 2.75) is 51.7 Å². The number of hydrogen-bond donors (Lipinski definition) is 2. The van der Waals surface area contributed by atoms with E-state index in [0.29, 0.717) is 12.8 Å². The lowest BCUT2D eigenvalue weighted by Crippen LogP contribution is -2.57. The number of carbonyl (C=O) groups excluding carboxylic acids is 1. The van der Waals surface area contributed by atoms with Crippen molar-refractivity contribution in [3.63, 3.8) is 0 Å². The summed E-state index contributed by atoms with van der Waals surface area (Å²) >= 11 is 0. The van der Waals surface area contributed by atoms with Gasteiger partial charge in [-0.1, -0.05) is 0 Å². The predicted octanol–water partition coefficient (Wildman–Crippen LogP) is 1.68. The van der Waals surface area contributed by atoms with E-state index in [9.17, 15) is 9.90 Å². The highest BCUT2D eigenvalue weighted by Crippen LogP contribution is 2.20. The van der Waals surface area contributed by atoms with Gasteiger partial charge in [0.25, 0.3) is 0 Å². The lowest BCUT2D eigenvalue weighted by molar-refractivity contribution is -0.126. The molecule has 0 aliphatic heterocycles. The molecule has 4 nitrogen and oxygen atoms in total. The second-order valence-electron chi connectivity index (χ2n) is 5.59. The van der Waals surface area contributed by atoms with E-state index in [4.69, 9.17) is 0 Å². The minimum absolute atomic E-state index is 0.0565. The molecular weight excluding hydrogens is 228 g/mol. The average Bonchev–Trinajstić information content (AvgIpc) is 2.26. The summed E-state index contributed by atoms with van der Waals surface area (Å²) in [5, 5.41) is 12.8. The van der Waals surface area contributed by atoms with Crippen molar-refractivity contribution in [3.05, 3.63) is 30.1 Å². The highest BCUT2D eigenvalue weighted by atomic mass is 16.3. The standard InChI is InChI=1S/C14H22N2O2/c1-13(2,14(3,4)18)16-12(17)6-5-11-7-9-15-10-8-11/h7-10,18H,5-6H2,1-4H3,(H,16,17). The number of pyridine rings is 1. The number of hydrogen-bond acceptors (Lipinski definition) is 3. The van der Waals surface area contributed by atoms with Crippen LogP contribution in [0.1, 0.15) is 39.7 Å². The molecule has 4 heteroatoms. The van der Waals surface area contributed by atoms with Crippen LogP contribution >= 0.6 is 0 Å². The Labute approximate surface area is 108 Å². The van der Waals surface area contributed by atoms with Crippen molar-refractivity contribution in [2.75, 3.05) is 0 Å². The van der Waals surface area contributed by atoms with E-state index >= 15 is 0 Å². The quantitative estimate of drug-likeness (QED) is 0.835. The Morgan fingerprint density at radius 1 is 1.28 bits per heavy atom. The molecule has 1 aromatic rings. The second-order valence-corrected chi connectivity index (χ2v) is 5.59. The van der Waals surface area contributed by atoms with Crippen LogP contribution in [0.25, 0.3) is 0 Å². The highest BCUT2D eigenvalue weighted by Gasteiger charge is 2.36. The summed E-state index contributed by atoms with van der Waals surface area (Å²) in [7, 11) is 0. The predicted molar refractivity (Wildman–Crippen MR) is 71.1 cm³/mol. The van der Waals surface area contributed by atoms with Gasteiger partial charge in [0.2, 0.25) is 5.91 Å². The van der Waals surface area contributed by atoms with Crippen LogP contribution in [0.2, 0.25) is 0 Å². The number of carbonyl (C=O) groups is 1. The third-order valence-electron chi connectivity index (χ3n) is 3.37. The zero-order chi connectivity index (χ0) is 13.8. The molecule has 1 rings (SSSR count). The van der Waals surface area contributed by atoms with E-state index in [0.717, 1.165) is 5.56 Å². The van der Waals surface area contributed by atoms with Crippen LogP contribution < -0.4 is 5.32 Å². The van der Waals surface area contributed by atoms with Gasteiger partial charge in [-0.2, -0.15) is 0 Å². The Hall–Kier alpha value is -1.42. The maximum atomic E-state index is 11.8. The van der Waals surface area contributed by atoms with Gasteiger partial charge in [0.1, 0.15) is 0 Å². The minimum Gasteiger partial charge on any atom is -0.388 e. The van der Waals surface area contributed by atoms with Gasteiger partial charge in [0.05, 0.1) is 11.1 Å². The molecule has 0 saturated heterocycles. The van der Waals surface area contributed by atoms with Gasteiger partial charge in [0.15, 0.2) is 0 Å². The lowest BCUT2D eigenvalue weighted by Gasteiger charge is -2.38. The summed E-state index contributed by atoms with van der Waals surface area (Å²) < 4.78 is 0. The average molecular weight is 250 g/mol. The zero-order valence-electron chi connectivity index (χ0n) is 11.5. The third-order valence-corrected chi connectivity index (χ3v) is 3.37. The fourth-order valence-electron chi connectivity index (χ4n) is 1.37. The van der Waals surface area contributed by atoms with Crippen molar-refractivity contribution in [1.29, 1.82) is 0 Å². The normalized spacial score (nSPS) is 12.3. The monoisotopic (exact) mass is 250 g/mol. The molecule has 0 aliphatic rings. The molecule has 0 radical (unpaired) electrons. The van der Waals surface area contributed by atoms with Crippen molar-refractivity contribution in [2.24, 2.45) is 0 Å². The molecule has 1 aromatic heterocycles. The van der Waals surface area contributed by atoms with E-state index in [1.807, 2.05) is 26.0 Å². The molecule has 0 aliphatic carbocycles. The summed E-state index contributed by atoms with van der Waals surface area (Å²) in [4.78, 5) is 15.8. The molecule has 0 spiro atoms. The second kappa shape index (κ2) is 5.48. The highest BCUT2D eigenvalue weighted by molar-refractivity contribution is 5.77. The molecule has 0 unspecified atom stereocenters. The maximum absolute atomic E-state index is 11.8. The Morgan fingerprint density at radius 2 is 1.83 bits per heavy atom. The molecule has 0 bridgehead atoms. The first-order valence-electron chi connectivity index (χ1n) is 6.15. The van der Waals surface area contributed by atoms with Crippen molar-refractivity contribution in [1.82, 2.24) is 10.3 Å². The van der Waals surface area contributed by atoms with Crippen LogP contribution in [0.15, 0.2) is 24.5 Å². The number of amides is 1. The first-order valence-corrected chi connectivity index (χ1v) is 6.15. The summed E-state index contributed by atoms with van der Waals surface area (Å²) in [6, 6.07) is 3.79. The van der Waals surface area contributed by atoms with Crippen molar-refractivity contribution in [3.8, 4) is 0 Å². The number of aromatic nitrogens is 1. The Morgan fingerprint density at radius 3 is 2.33 bits per heavy atom. The van der Waals surface area contributed by atoms with E-state index in [2.05, 4.69) is 10.3 Å². The fraction of sp³-hybridized carbons (Fsp3) is 0.571. The summed E-state index contributed by atoms with van der Waals surface area (Å²) in [5.41, 5.74) is -0.525. The van der Waals surface area contributed by atoms with Crippen molar-refractivity contribution >= 4 is 5.91 Å². The Bertz CT molecular complexity index is 394. The van der Waals surface area contributed by atoms with Gasteiger partial charge in [-0.05, 0) is 51.8 Å². The minimum atomic E-state index is -0.959. The topological polar surface area (TPSA) is 62.2 Å². The lowest BCUT2D eigenvalue weighted by atomic mass is 9.86. The number of nitrogens with zero attached hydrogens (tertiary/aromatic N) is 1. The van der Waals surface area contributed by atoms with Crippen LogP contribution in [0.4, 0.5) is 0 Å². The van der Waals surface area contributed by atoms with E-state index in [1.165, 1.54) is 0 Å². The van der Waals surface area contributed by atoms with Crippen molar-refractivity contribution < 1.29 is 9.90 Å². The largest absolute Gasteiger partial charge is 0.388 e. The molecule has 2 N–H and O–H groups in total. The zero-order valence-corrected chi connectivity index (χ0v) is 11.5. The maximum Gasteiger partial charge on any atom is 0.220 e. The molecular formula is C14H22N2O2. The SMILES string of the molecule is CC(C)(O)C(C)(C)NC(=O)CCc1ccncc1. The summed E-state index contributed by atoms with van der Waals surface area (Å²) in [6.07, 6.45) is 4.52. The molecule has 100 valence electrons. The Balaban J connectivity index is 2.48. The molecule has 18 heavy (non-hydrogen) atoms. The van der Waals surface area contributed by atoms with Crippen LogP contribution in [0.3, 0.4) is 0 Å².